The summed E-state index contributed by atoms with van der Waals surface area (Å²) >= 11 is 0. The topological polar surface area (TPSA) is 60.2 Å². The smallest absolute Gasteiger partial charge is 0.235 e. The molecule has 0 heterocycles. The van der Waals surface area contributed by atoms with Gasteiger partial charge in [0.05, 0.1) is 4.92 Å². The van der Waals surface area contributed by atoms with Crippen molar-refractivity contribution in [1.29, 1.82) is 0 Å². The number of aryl methyl sites for hydroxylation is 1. The van der Waals surface area contributed by atoms with Gasteiger partial charge in [-0.15, -0.1) is 0 Å². The lowest BCUT2D eigenvalue weighted by Gasteiger charge is -2.02. The van der Waals surface area contributed by atoms with E-state index < -0.39 is 4.92 Å². The molecule has 0 aliphatic rings. The maximum atomic E-state index is 11.2. The molecule has 15 heavy (non-hydrogen) atoms. The second-order valence-corrected chi connectivity index (χ2v) is 3.23. The van der Waals surface area contributed by atoms with E-state index >= 15 is 0 Å². The van der Waals surface area contributed by atoms with Crippen molar-refractivity contribution >= 4 is 11.9 Å². The Kier molecular flexibility index (Phi) is 3.33. The monoisotopic (exact) mass is 205 g/mol. The number of hydrogen-bond donors (Lipinski definition) is 0. The van der Waals surface area contributed by atoms with Gasteiger partial charge in [0.1, 0.15) is 0 Å². The number of rotatable bonds is 3. The fourth-order valence-corrected chi connectivity index (χ4v) is 1.27. The molecular formula is C11H11NO3. The number of nitrogens with zero attached hydrogens (tertiary/aromatic N) is 1. The summed E-state index contributed by atoms with van der Waals surface area (Å²) in [6, 6.07) is 5.16. The minimum atomic E-state index is -0.534. The maximum absolute atomic E-state index is 11.2. The van der Waals surface area contributed by atoms with Crippen LogP contribution in [0.1, 0.15) is 28.4 Å². The highest BCUT2D eigenvalue weighted by molar-refractivity contribution is 5.96. The Balaban J connectivity index is 3.08. The third-order valence-electron chi connectivity index (χ3n) is 2.03. The molecule has 0 amide bonds. The average Bonchev–Trinajstić information content (AvgIpc) is 2.16. The Labute approximate surface area is 87.4 Å². The first-order chi connectivity index (χ1) is 7.00. The van der Waals surface area contributed by atoms with Gasteiger partial charge in [-0.3, -0.25) is 14.9 Å². The summed E-state index contributed by atoms with van der Waals surface area (Å²) in [6.07, 6.45) is 2.22. The zero-order valence-electron chi connectivity index (χ0n) is 8.56. The van der Waals surface area contributed by atoms with Crippen LogP contribution in [0.25, 0.3) is 6.08 Å². The zero-order valence-corrected chi connectivity index (χ0v) is 8.56. The molecule has 0 aromatic heterocycles. The predicted octanol–water partition coefficient (Wildman–Crippen LogP) is 2.45. The molecule has 0 aliphatic carbocycles. The van der Waals surface area contributed by atoms with E-state index in [0.717, 1.165) is 11.8 Å². The first-order valence-electron chi connectivity index (χ1n) is 4.44. The molecule has 1 aromatic rings. The van der Waals surface area contributed by atoms with E-state index in [-0.39, 0.29) is 5.78 Å². The number of Topliss-reactive ketones (excluding diaryl/α,β-unsaturated/α-hetero) is 1. The Bertz CT molecular complexity index is 435. The van der Waals surface area contributed by atoms with Crippen molar-refractivity contribution in [2.45, 2.75) is 13.8 Å². The first-order valence-corrected chi connectivity index (χ1v) is 4.44. The molecule has 0 radical (unpaired) electrons. The normalized spacial score (nSPS) is 10.5. The SMILES string of the molecule is CC(=O)c1cc(/C=C/[N+](=O)[O-])ccc1C. The van der Waals surface area contributed by atoms with Crippen LogP contribution in [0.2, 0.25) is 0 Å². The average molecular weight is 205 g/mol. The molecule has 0 aliphatic heterocycles. The lowest BCUT2D eigenvalue weighted by atomic mass is 10.0. The number of ketones is 1. The van der Waals surface area contributed by atoms with Gasteiger partial charge in [-0.2, -0.15) is 0 Å². The Morgan fingerprint density at radius 2 is 2.13 bits per heavy atom. The van der Waals surface area contributed by atoms with Gasteiger partial charge in [-0.1, -0.05) is 12.1 Å². The van der Waals surface area contributed by atoms with E-state index in [9.17, 15) is 14.9 Å². The van der Waals surface area contributed by atoms with Gasteiger partial charge in [0.15, 0.2) is 5.78 Å². The van der Waals surface area contributed by atoms with Crippen LogP contribution < -0.4 is 0 Å². The van der Waals surface area contributed by atoms with E-state index in [4.69, 9.17) is 0 Å². The molecule has 1 aromatic carbocycles. The van der Waals surface area contributed by atoms with E-state index in [2.05, 4.69) is 0 Å². The molecule has 4 heteroatoms. The van der Waals surface area contributed by atoms with Crippen molar-refractivity contribution in [3.63, 3.8) is 0 Å². The summed E-state index contributed by atoms with van der Waals surface area (Å²) in [6.45, 7) is 3.31. The summed E-state index contributed by atoms with van der Waals surface area (Å²) in [4.78, 5) is 20.8. The predicted molar refractivity (Wildman–Crippen MR) is 57.2 cm³/mol. The lowest BCUT2D eigenvalue weighted by molar-refractivity contribution is -0.400. The quantitative estimate of drug-likeness (QED) is 0.432. The number of carbonyl (C=O) groups excluding carboxylic acids is 1. The van der Waals surface area contributed by atoms with Crippen molar-refractivity contribution in [3.05, 3.63) is 51.2 Å². The van der Waals surface area contributed by atoms with Crippen molar-refractivity contribution in [2.24, 2.45) is 0 Å². The van der Waals surface area contributed by atoms with E-state index in [1.54, 1.807) is 18.2 Å². The lowest BCUT2D eigenvalue weighted by Crippen LogP contribution is -1.96. The fraction of sp³-hybridized carbons (Fsp3) is 0.182. The number of carbonyl (C=O) groups is 1. The standard InChI is InChI=1S/C11H11NO3/c1-8-3-4-10(5-6-12(14)15)7-11(8)9(2)13/h3-7H,1-2H3/b6-5+. The van der Waals surface area contributed by atoms with Gasteiger partial charge in [0.2, 0.25) is 6.20 Å². The highest BCUT2D eigenvalue weighted by Gasteiger charge is 2.03. The summed E-state index contributed by atoms with van der Waals surface area (Å²) < 4.78 is 0. The molecule has 0 atom stereocenters. The van der Waals surface area contributed by atoms with E-state index in [0.29, 0.717) is 11.1 Å². The molecule has 0 saturated heterocycles. The first kappa shape index (κ1) is 11.1. The molecule has 0 saturated carbocycles. The number of nitro groups is 1. The van der Waals surface area contributed by atoms with Crippen LogP contribution in [0.3, 0.4) is 0 Å². The van der Waals surface area contributed by atoms with Crippen LogP contribution in [-0.4, -0.2) is 10.7 Å². The molecule has 0 unspecified atom stereocenters. The minimum absolute atomic E-state index is 0.0381. The van der Waals surface area contributed by atoms with Gasteiger partial charge in [-0.25, -0.2) is 0 Å². The minimum Gasteiger partial charge on any atom is -0.295 e. The van der Waals surface area contributed by atoms with Crippen LogP contribution in [0.15, 0.2) is 24.4 Å². The van der Waals surface area contributed by atoms with Crippen LogP contribution in [0.5, 0.6) is 0 Å². The maximum Gasteiger partial charge on any atom is 0.235 e. The van der Waals surface area contributed by atoms with E-state index in [1.807, 2.05) is 6.92 Å². The summed E-state index contributed by atoms with van der Waals surface area (Å²) in [5, 5.41) is 10.1. The molecule has 4 nitrogen and oxygen atoms in total. The molecule has 1 rings (SSSR count). The third kappa shape index (κ3) is 3.02. The fourth-order valence-electron chi connectivity index (χ4n) is 1.27. The Morgan fingerprint density at radius 3 is 2.67 bits per heavy atom. The zero-order chi connectivity index (χ0) is 11.4. The molecular weight excluding hydrogens is 194 g/mol. The van der Waals surface area contributed by atoms with Crippen molar-refractivity contribution in [3.8, 4) is 0 Å². The van der Waals surface area contributed by atoms with Gasteiger partial charge in [0, 0.05) is 11.6 Å². The highest BCUT2D eigenvalue weighted by atomic mass is 16.6. The van der Waals surface area contributed by atoms with E-state index in [1.165, 1.54) is 13.0 Å². The van der Waals surface area contributed by atoms with Crippen molar-refractivity contribution in [2.75, 3.05) is 0 Å². The largest absolute Gasteiger partial charge is 0.295 e. The molecule has 0 fully saturated rings. The molecule has 0 bridgehead atoms. The summed E-state index contributed by atoms with van der Waals surface area (Å²) in [5.41, 5.74) is 2.13. The van der Waals surface area contributed by atoms with Crippen LogP contribution >= 0.6 is 0 Å². The summed E-state index contributed by atoms with van der Waals surface area (Å²) in [7, 11) is 0. The number of benzene rings is 1. The van der Waals surface area contributed by atoms with Gasteiger partial charge < -0.3 is 0 Å². The van der Waals surface area contributed by atoms with Gasteiger partial charge in [-0.05, 0) is 31.0 Å². The Morgan fingerprint density at radius 1 is 1.47 bits per heavy atom. The number of hydrogen-bond acceptors (Lipinski definition) is 3. The van der Waals surface area contributed by atoms with Gasteiger partial charge in [0.25, 0.3) is 0 Å². The van der Waals surface area contributed by atoms with Crippen molar-refractivity contribution < 1.29 is 9.72 Å². The second-order valence-electron chi connectivity index (χ2n) is 3.23. The third-order valence-corrected chi connectivity index (χ3v) is 2.03. The van der Waals surface area contributed by atoms with Gasteiger partial charge >= 0.3 is 0 Å². The molecule has 78 valence electrons. The molecule has 0 spiro atoms. The van der Waals surface area contributed by atoms with Crippen molar-refractivity contribution in [1.82, 2.24) is 0 Å². The molecule has 0 N–H and O–H groups in total. The highest BCUT2D eigenvalue weighted by Crippen LogP contribution is 2.13. The van der Waals surface area contributed by atoms with Crippen LogP contribution in [-0.2, 0) is 0 Å². The van der Waals surface area contributed by atoms with Crippen LogP contribution in [0, 0.1) is 17.0 Å². The Hall–Kier alpha value is -1.97. The van der Waals surface area contributed by atoms with Crippen LogP contribution in [0.4, 0.5) is 0 Å². The summed E-state index contributed by atoms with van der Waals surface area (Å²) in [5.74, 6) is -0.0381. The second kappa shape index (κ2) is 4.50.